The Hall–Kier alpha value is -1.88. The van der Waals surface area contributed by atoms with E-state index in [0.717, 1.165) is 11.3 Å². The van der Waals surface area contributed by atoms with Gasteiger partial charge in [0.25, 0.3) is 0 Å². The Labute approximate surface area is 107 Å². The molecule has 0 radical (unpaired) electrons. The van der Waals surface area contributed by atoms with Gasteiger partial charge in [0, 0.05) is 6.61 Å². The highest BCUT2D eigenvalue weighted by atomic mass is 16.5. The number of ether oxygens (including phenoxy) is 2. The van der Waals surface area contributed by atoms with Crippen molar-refractivity contribution in [3.05, 3.63) is 29.8 Å². The summed E-state index contributed by atoms with van der Waals surface area (Å²) in [4.78, 5) is 11.3. The second-order valence-electron chi connectivity index (χ2n) is 3.52. The zero-order chi connectivity index (χ0) is 13.2. The molecule has 0 aliphatic rings. The van der Waals surface area contributed by atoms with Crippen molar-refractivity contribution >= 4 is 12.1 Å². The number of amides is 1. The van der Waals surface area contributed by atoms with Crippen LogP contribution in [0.5, 0.6) is 5.75 Å². The maximum absolute atomic E-state index is 11.3. The van der Waals surface area contributed by atoms with Crippen LogP contribution in [0.2, 0.25) is 0 Å². The predicted octanol–water partition coefficient (Wildman–Crippen LogP) is 1.57. The summed E-state index contributed by atoms with van der Waals surface area (Å²) in [5.74, 6) is 0.587. The molecule has 0 fully saturated rings. The number of methoxy groups -OCH3 is 1. The third kappa shape index (κ3) is 5.45. The fourth-order valence-corrected chi connectivity index (χ4v) is 1.27. The SMILES string of the molecule is CCOCCC(=O)N/N=C/c1cccc(OC)c1. The summed E-state index contributed by atoms with van der Waals surface area (Å²) in [6.07, 6.45) is 1.88. The predicted molar refractivity (Wildman–Crippen MR) is 69.8 cm³/mol. The molecule has 0 atom stereocenters. The quantitative estimate of drug-likeness (QED) is 0.454. The lowest BCUT2D eigenvalue weighted by atomic mass is 10.2. The molecule has 1 amide bonds. The van der Waals surface area contributed by atoms with Crippen molar-refractivity contribution in [1.82, 2.24) is 5.43 Å². The first-order valence-electron chi connectivity index (χ1n) is 5.80. The van der Waals surface area contributed by atoms with Crippen LogP contribution in [0.15, 0.2) is 29.4 Å². The number of carbonyl (C=O) groups is 1. The van der Waals surface area contributed by atoms with E-state index in [1.54, 1.807) is 13.3 Å². The van der Waals surface area contributed by atoms with E-state index in [9.17, 15) is 4.79 Å². The average Bonchev–Trinajstić information content (AvgIpc) is 2.39. The Morgan fingerprint density at radius 3 is 3.06 bits per heavy atom. The molecule has 0 heterocycles. The molecule has 0 aliphatic heterocycles. The summed E-state index contributed by atoms with van der Waals surface area (Å²) in [5, 5.41) is 3.86. The Kier molecular flexibility index (Phi) is 6.50. The van der Waals surface area contributed by atoms with E-state index in [2.05, 4.69) is 10.5 Å². The lowest BCUT2D eigenvalue weighted by molar-refractivity contribution is -0.122. The summed E-state index contributed by atoms with van der Waals surface area (Å²) >= 11 is 0. The zero-order valence-electron chi connectivity index (χ0n) is 10.7. The second kappa shape index (κ2) is 8.25. The van der Waals surface area contributed by atoms with Crippen LogP contribution in [0.3, 0.4) is 0 Å². The molecule has 5 heteroatoms. The Bertz CT molecular complexity index is 405. The van der Waals surface area contributed by atoms with Crippen LogP contribution in [0, 0.1) is 0 Å². The minimum Gasteiger partial charge on any atom is -0.497 e. The number of hydrogen-bond donors (Lipinski definition) is 1. The topological polar surface area (TPSA) is 59.9 Å². The van der Waals surface area contributed by atoms with Crippen LogP contribution < -0.4 is 10.2 Å². The molecular formula is C13H18N2O3. The highest BCUT2D eigenvalue weighted by Gasteiger charge is 1.98. The summed E-state index contributed by atoms with van der Waals surface area (Å²) in [6.45, 7) is 2.91. The van der Waals surface area contributed by atoms with Crippen molar-refractivity contribution in [1.29, 1.82) is 0 Å². The van der Waals surface area contributed by atoms with Crippen molar-refractivity contribution in [3.63, 3.8) is 0 Å². The van der Waals surface area contributed by atoms with Gasteiger partial charge in [0.2, 0.25) is 5.91 Å². The summed E-state index contributed by atoms with van der Waals surface area (Å²) in [7, 11) is 1.60. The molecule has 0 aliphatic carbocycles. The number of hydrazone groups is 1. The standard InChI is InChI=1S/C13H18N2O3/c1-3-18-8-7-13(16)15-14-10-11-5-4-6-12(9-11)17-2/h4-6,9-10H,3,7-8H2,1-2H3,(H,15,16)/b14-10+. The third-order valence-electron chi connectivity index (χ3n) is 2.17. The van der Waals surface area contributed by atoms with E-state index in [0.29, 0.717) is 19.6 Å². The number of nitrogens with one attached hydrogen (secondary N) is 1. The molecule has 0 spiro atoms. The van der Waals surface area contributed by atoms with Gasteiger partial charge in [-0.2, -0.15) is 5.10 Å². The third-order valence-corrected chi connectivity index (χ3v) is 2.17. The van der Waals surface area contributed by atoms with Crippen LogP contribution in [-0.2, 0) is 9.53 Å². The van der Waals surface area contributed by atoms with Crippen molar-refractivity contribution in [2.75, 3.05) is 20.3 Å². The van der Waals surface area contributed by atoms with Gasteiger partial charge in [-0.25, -0.2) is 5.43 Å². The fraction of sp³-hybridized carbons (Fsp3) is 0.385. The smallest absolute Gasteiger partial charge is 0.242 e. The minimum atomic E-state index is -0.164. The second-order valence-corrected chi connectivity index (χ2v) is 3.52. The van der Waals surface area contributed by atoms with Crippen molar-refractivity contribution in [3.8, 4) is 5.75 Å². The van der Waals surface area contributed by atoms with E-state index in [4.69, 9.17) is 9.47 Å². The van der Waals surface area contributed by atoms with Crippen LogP contribution in [-0.4, -0.2) is 32.4 Å². The van der Waals surface area contributed by atoms with Gasteiger partial charge in [0.05, 0.1) is 26.4 Å². The molecule has 98 valence electrons. The molecule has 1 rings (SSSR count). The average molecular weight is 250 g/mol. The van der Waals surface area contributed by atoms with Crippen LogP contribution >= 0.6 is 0 Å². The van der Waals surface area contributed by atoms with Gasteiger partial charge < -0.3 is 9.47 Å². The molecule has 5 nitrogen and oxygen atoms in total. The van der Waals surface area contributed by atoms with E-state index < -0.39 is 0 Å². The number of nitrogens with zero attached hydrogens (tertiary/aromatic N) is 1. The lowest BCUT2D eigenvalue weighted by Crippen LogP contribution is -2.19. The van der Waals surface area contributed by atoms with Crippen molar-refractivity contribution in [2.45, 2.75) is 13.3 Å². The minimum absolute atomic E-state index is 0.164. The van der Waals surface area contributed by atoms with Crippen LogP contribution in [0.25, 0.3) is 0 Å². The Balaban J connectivity index is 2.37. The van der Waals surface area contributed by atoms with E-state index >= 15 is 0 Å². The molecule has 0 saturated carbocycles. The maximum atomic E-state index is 11.3. The fourth-order valence-electron chi connectivity index (χ4n) is 1.27. The maximum Gasteiger partial charge on any atom is 0.242 e. The Morgan fingerprint density at radius 1 is 1.50 bits per heavy atom. The Morgan fingerprint density at radius 2 is 2.33 bits per heavy atom. The van der Waals surface area contributed by atoms with Gasteiger partial charge in [-0.3, -0.25) is 4.79 Å². The monoisotopic (exact) mass is 250 g/mol. The van der Waals surface area contributed by atoms with Gasteiger partial charge >= 0.3 is 0 Å². The van der Waals surface area contributed by atoms with Gasteiger partial charge in [0.1, 0.15) is 5.75 Å². The first-order chi connectivity index (χ1) is 8.76. The summed E-state index contributed by atoms with van der Waals surface area (Å²) in [5.41, 5.74) is 3.30. The molecule has 18 heavy (non-hydrogen) atoms. The normalized spacial score (nSPS) is 10.6. The molecule has 0 saturated heterocycles. The number of hydrogen-bond acceptors (Lipinski definition) is 4. The van der Waals surface area contributed by atoms with Crippen LogP contribution in [0.4, 0.5) is 0 Å². The van der Waals surface area contributed by atoms with E-state index in [-0.39, 0.29) is 5.91 Å². The highest BCUT2D eigenvalue weighted by molar-refractivity contribution is 5.82. The summed E-state index contributed by atoms with van der Waals surface area (Å²) in [6, 6.07) is 7.41. The van der Waals surface area contributed by atoms with E-state index in [1.165, 1.54) is 0 Å². The van der Waals surface area contributed by atoms with Gasteiger partial charge in [0.15, 0.2) is 0 Å². The van der Waals surface area contributed by atoms with Crippen LogP contribution in [0.1, 0.15) is 18.9 Å². The van der Waals surface area contributed by atoms with Gasteiger partial charge in [-0.05, 0) is 24.6 Å². The van der Waals surface area contributed by atoms with Gasteiger partial charge in [-0.1, -0.05) is 12.1 Å². The summed E-state index contributed by atoms with van der Waals surface area (Å²) < 4.78 is 10.2. The van der Waals surface area contributed by atoms with Crippen molar-refractivity contribution in [2.24, 2.45) is 5.10 Å². The molecular weight excluding hydrogens is 232 g/mol. The first-order valence-corrected chi connectivity index (χ1v) is 5.80. The zero-order valence-corrected chi connectivity index (χ0v) is 10.7. The largest absolute Gasteiger partial charge is 0.497 e. The first kappa shape index (κ1) is 14.2. The molecule has 0 unspecified atom stereocenters. The number of carbonyl (C=O) groups excluding carboxylic acids is 1. The molecule has 0 bridgehead atoms. The number of rotatable bonds is 7. The van der Waals surface area contributed by atoms with E-state index in [1.807, 2.05) is 31.2 Å². The molecule has 0 aromatic heterocycles. The van der Waals surface area contributed by atoms with Gasteiger partial charge in [-0.15, -0.1) is 0 Å². The van der Waals surface area contributed by atoms with Crippen molar-refractivity contribution < 1.29 is 14.3 Å². The molecule has 1 aromatic rings. The molecule has 1 aromatic carbocycles. The lowest BCUT2D eigenvalue weighted by Gasteiger charge is -2.01. The molecule has 1 N–H and O–H groups in total. The number of benzene rings is 1. The highest BCUT2D eigenvalue weighted by Crippen LogP contribution is 2.10.